The zero-order valence-corrected chi connectivity index (χ0v) is 8.14. The first kappa shape index (κ1) is 9.26. The van der Waals surface area contributed by atoms with E-state index in [9.17, 15) is 0 Å². The molecule has 0 spiro atoms. The van der Waals surface area contributed by atoms with Gasteiger partial charge < -0.3 is 9.72 Å². The van der Waals surface area contributed by atoms with Crippen LogP contribution in [0.25, 0.3) is 0 Å². The molecule has 0 bridgehead atoms. The van der Waals surface area contributed by atoms with Crippen molar-refractivity contribution >= 4 is 0 Å². The monoisotopic (exact) mass is 168 g/mol. The van der Waals surface area contributed by atoms with Crippen LogP contribution >= 0.6 is 0 Å². The summed E-state index contributed by atoms with van der Waals surface area (Å²) < 4.78 is 5.56. The number of imidazole rings is 1. The lowest BCUT2D eigenvalue weighted by atomic mass is 10.2. The number of rotatable bonds is 2. The number of hydrogen-bond donors (Lipinski definition) is 1. The van der Waals surface area contributed by atoms with E-state index in [0.717, 1.165) is 11.5 Å². The number of aromatic amines is 1. The lowest BCUT2D eigenvalue weighted by Gasteiger charge is -2.18. The van der Waals surface area contributed by atoms with Crippen molar-refractivity contribution in [2.24, 2.45) is 0 Å². The van der Waals surface area contributed by atoms with E-state index in [1.54, 1.807) is 6.20 Å². The first-order chi connectivity index (χ1) is 5.47. The molecule has 0 saturated heterocycles. The van der Waals surface area contributed by atoms with E-state index in [2.05, 4.69) is 9.97 Å². The zero-order chi connectivity index (χ0) is 9.19. The molecule has 0 unspecified atom stereocenters. The third kappa shape index (κ3) is 3.05. The summed E-state index contributed by atoms with van der Waals surface area (Å²) in [5.74, 6) is 0.933. The number of ether oxygens (including phenoxy) is 1. The van der Waals surface area contributed by atoms with E-state index in [1.165, 1.54) is 0 Å². The van der Waals surface area contributed by atoms with Crippen molar-refractivity contribution in [3.05, 3.63) is 17.7 Å². The summed E-state index contributed by atoms with van der Waals surface area (Å²) in [6.07, 6.45) is 1.81. The molecule has 1 aromatic rings. The maximum absolute atomic E-state index is 5.56. The minimum absolute atomic E-state index is 0.0843. The molecular formula is C9H16N2O. The van der Waals surface area contributed by atoms with Gasteiger partial charge in [-0.25, -0.2) is 4.98 Å². The zero-order valence-electron chi connectivity index (χ0n) is 8.14. The van der Waals surface area contributed by atoms with E-state index in [4.69, 9.17) is 4.74 Å². The molecule has 0 aliphatic carbocycles. The first-order valence-electron chi connectivity index (χ1n) is 4.12. The van der Waals surface area contributed by atoms with Crippen LogP contribution in [0.1, 0.15) is 32.3 Å². The Morgan fingerprint density at radius 2 is 2.17 bits per heavy atom. The Labute approximate surface area is 73.2 Å². The molecule has 68 valence electrons. The molecule has 0 amide bonds. The fourth-order valence-corrected chi connectivity index (χ4v) is 0.839. The van der Waals surface area contributed by atoms with Crippen LogP contribution < -0.4 is 0 Å². The molecule has 12 heavy (non-hydrogen) atoms. The van der Waals surface area contributed by atoms with Gasteiger partial charge in [-0.1, -0.05) is 0 Å². The van der Waals surface area contributed by atoms with Gasteiger partial charge in [-0.2, -0.15) is 0 Å². The van der Waals surface area contributed by atoms with Gasteiger partial charge in [0.05, 0.1) is 24.1 Å². The van der Waals surface area contributed by atoms with Crippen molar-refractivity contribution in [1.82, 2.24) is 9.97 Å². The van der Waals surface area contributed by atoms with Crippen molar-refractivity contribution in [3.63, 3.8) is 0 Å². The summed E-state index contributed by atoms with van der Waals surface area (Å²) in [4.78, 5) is 7.19. The molecule has 1 heterocycles. The molecule has 0 aromatic carbocycles. The molecule has 3 heteroatoms. The van der Waals surface area contributed by atoms with E-state index < -0.39 is 0 Å². The largest absolute Gasteiger partial charge is 0.370 e. The van der Waals surface area contributed by atoms with Crippen LogP contribution in [0.4, 0.5) is 0 Å². The van der Waals surface area contributed by atoms with E-state index in [1.807, 2.05) is 27.7 Å². The fourth-order valence-electron chi connectivity index (χ4n) is 0.839. The molecule has 0 aliphatic heterocycles. The second-order valence-electron chi connectivity index (χ2n) is 3.89. The highest BCUT2D eigenvalue weighted by atomic mass is 16.5. The van der Waals surface area contributed by atoms with Crippen LogP contribution in [0.15, 0.2) is 6.20 Å². The number of nitrogens with one attached hydrogen (secondary N) is 1. The van der Waals surface area contributed by atoms with Gasteiger partial charge >= 0.3 is 0 Å². The van der Waals surface area contributed by atoms with Gasteiger partial charge in [-0.3, -0.25) is 0 Å². The second-order valence-corrected chi connectivity index (χ2v) is 3.89. The number of aryl methyl sites for hydroxylation is 1. The topological polar surface area (TPSA) is 37.9 Å². The molecular weight excluding hydrogens is 152 g/mol. The molecule has 1 aromatic heterocycles. The highest BCUT2D eigenvalue weighted by Gasteiger charge is 2.10. The molecule has 1 N–H and O–H groups in total. The van der Waals surface area contributed by atoms with Gasteiger partial charge in [0.1, 0.15) is 5.82 Å². The third-order valence-electron chi connectivity index (χ3n) is 1.42. The van der Waals surface area contributed by atoms with E-state index in [-0.39, 0.29) is 5.60 Å². The molecule has 0 saturated carbocycles. The average molecular weight is 168 g/mol. The average Bonchev–Trinajstić information content (AvgIpc) is 2.30. The first-order valence-corrected chi connectivity index (χ1v) is 4.12. The van der Waals surface area contributed by atoms with Gasteiger partial charge in [0.25, 0.3) is 0 Å². The van der Waals surface area contributed by atoms with Gasteiger partial charge in [-0.05, 0) is 27.7 Å². The molecule has 0 radical (unpaired) electrons. The Kier molecular flexibility index (Phi) is 2.52. The highest BCUT2D eigenvalue weighted by molar-refractivity contribution is 4.98. The summed E-state index contributed by atoms with van der Waals surface area (Å²) >= 11 is 0. The Bertz CT molecular complexity index is 247. The molecule has 0 aliphatic rings. The summed E-state index contributed by atoms with van der Waals surface area (Å²) in [5.41, 5.74) is 0.946. The summed E-state index contributed by atoms with van der Waals surface area (Å²) in [6, 6.07) is 0. The van der Waals surface area contributed by atoms with E-state index >= 15 is 0 Å². The van der Waals surface area contributed by atoms with Gasteiger partial charge in [-0.15, -0.1) is 0 Å². The van der Waals surface area contributed by atoms with Crippen LogP contribution in [-0.2, 0) is 11.3 Å². The quantitative estimate of drug-likeness (QED) is 0.733. The summed E-state index contributed by atoms with van der Waals surface area (Å²) in [7, 11) is 0. The maximum Gasteiger partial charge on any atom is 0.103 e. The predicted molar refractivity (Wildman–Crippen MR) is 47.9 cm³/mol. The highest BCUT2D eigenvalue weighted by Crippen LogP contribution is 2.10. The van der Waals surface area contributed by atoms with Crippen LogP contribution in [0.5, 0.6) is 0 Å². The van der Waals surface area contributed by atoms with Crippen LogP contribution in [0.2, 0.25) is 0 Å². The van der Waals surface area contributed by atoms with Crippen LogP contribution in [-0.4, -0.2) is 15.6 Å². The number of H-pyrrole nitrogens is 1. The smallest absolute Gasteiger partial charge is 0.103 e. The molecule has 0 atom stereocenters. The minimum atomic E-state index is -0.0843. The summed E-state index contributed by atoms with van der Waals surface area (Å²) in [5, 5.41) is 0. The normalized spacial score (nSPS) is 12.0. The second kappa shape index (κ2) is 3.27. The lowest BCUT2D eigenvalue weighted by Crippen LogP contribution is -2.18. The van der Waals surface area contributed by atoms with Gasteiger partial charge in [0.2, 0.25) is 0 Å². The van der Waals surface area contributed by atoms with Crippen molar-refractivity contribution in [1.29, 1.82) is 0 Å². The van der Waals surface area contributed by atoms with Crippen molar-refractivity contribution in [2.75, 3.05) is 0 Å². The standard InChI is InChI=1S/C9H16N2O/c1-7-10-5-8(11-7)6-12-9(2,3)4/h5H,6H2,1-4H3,(H,10,11). The van der Waals surface area contributed by atoms with Gasteiger partial charge in [0.15, 0.2) is 0 Å². The fraction of sp³-hybridized carbons (Fsp3) is 0.667. The van der Waals surface area contributed by atoms with Crippen molar-refractivity contribution in [2.45, 2.75) is 39.9 Å². The SMILES string of the molecule is Cc1ncc(COC(C)(C)C)[nH]1. The number of aromatic nitrogens is 2. The Morgan fingerprint density at radius 3 is 2.58 bits per heavy atom. The van der Waals surface area contributed by atoms with Crippen LogP contribution in [0.3, 0.4) is 0 Å². The Hall–Kier alpha value is -0.830. The number of nitrogens with zero attached hydrogens (tertiary/aromatic N) is 1. The van der Waals surface area contributed by atoms with Crippen molar-refractivity contribution < 1.29 is 4.74 Å². The summed E-state index contributed by atoms with van der Waals surface area (Å²) in [6.45, 7) is 8.65. The Balaban J connectivity index is 2.44. The van der Waals surface area contributed by atoms with Crippen LogP contribution in [0, 0.1) is 6.92 Å². The Morgan fingerprint density at radius 1 is 1.50 bits per heavy atom. The lowest BCUT2D eigenvalue weighted by molar-refractivity contribution is -0.0163. The number of hydrogen-bond acceptors (Lipinski definition) is 2. The predicted octanol–water partition coefficient (Wildman–Crippen LogP) is 2.03. The molecule has 1 rings (SSSR count). The van der Waals surface area contributed by atoms with Gasteiger partial charge in [0, 0.05) is 0 Å². The van der Waals surface area contributed by atoms with E-state index in [0.29, 0.717) is 6.61 Å². The third-order valence-corrected chi connectivity index (χ3v) is 1.42. The van der Waals surface area contributed by atoms with Crippen molar-refractivity contribution in [3.8, 4) is 0 Å². The maximum atomic E-state index is 5.56. The molecule has 3 nitrogen and oxygen atoms in total. The molecule has 0 fully saturated rings. The minimum Gasteiger partial charge on any atom is -0.370 e.